The maximum absolute atomic E-state index is 11.9. The van der Waals surface area contributed by atoms with Gasteiger partial charge in [0.2, 0.25) is 17.7 Å². The van der Waals surface area contributed by atoms with E-state index < -0.39 is 67.7 Å². The number of amides is 3. The van der Waals surface area contributed by atoms with Gasteiger partial charge in [-0.2, -0.15) is 0 Å². The highest BCUT2D eigenvalue weighted by molar-refractivity contribution is 5.93. The Morgan fingerprint density at radius 1 is 0.958 bits per heavy atom. The first-order valence-corrected chi connectivity index (χ1v) is 6.90. The van der Waals surface area contributed by atoms with Crippen LogP contribution < -0.4 is 21.7 Å². The summed E-state index contributed by atoms with van der Waals surface area (Å²) in [6.07, 6.45) is -1.42. The molecule has 0 aromatic heterocycles. The summed E-state index contributed by atoms with van der Waals surface area (Å²) in [5.74, 6) is -4.29. The predicted molar refractivity (Wildman–Crippen MR) is 78.3 cm³/mol. The molecule has 0 aromatic carbocycles. The summed E-state index contributed by atoms with van der Waals surface area (Å²) >= 11 is 0. The molecule has 4 atom stereocenters. The van der Waals surface area contributed by atoms with E-state index in [0.29, 0.717) is 0 Å². The van der Waals surface area contributed by atoms with Crippen LogP contribution in [-0.2, 0) is 19.2 Å². The van der Waals surface area contributed by atoms with Gasteiger partial charge in [0, 0.05) is 0 Å². The van der Waals surface area contributed by atoms with Crippen molar-refractivity contribution in [3.8, 4) is 0 Å². The Hall–Kier alpha value is -2.28. The second kappa shape index (κ2) is 10.5. The Kier molecular flexibility index (Phi) is 9.49. The first-order valence-electron chi connectivity index (χ1n) is 6.90. The van der Waals surface area contributed by atoms with Gasteiger partial charge in [-0.3, -0.25) is 14.4 Å². The Bertz CT molecular complexity index is 470. The lowest BCUT2D eigenvalue weighted by Gasteiger charge is -2.23. The number of nitrogens with one attached hydrogen (secondary N) is 3. The van der Waals surface area contributed by atoms with Crippen LogP contribution in [0.5, 0.6) is 0 Å². The predicted octanol–water partition coefficient (Wildman–Crippen LogP) is -5.15. The minimum Gasteiger partial charge on any atom is -0.480 e. The first kappa shape index (κ1) is 21.7. The van der Waals surface area contributed by atoms with Crippen LogP contribution in [-0.4, -0.2) is 88.1 Å². The number of carboxylic acid groups (broad SMARTS) is 1. The zero-order chi connectivity index (χ0) is 18.9. The second-order valence-corrected chi connectivity index (χ2v) is 4.82. The van der Waals surface area contributed by atoms with E-state index in [2.05, 4.69) is 5.32 Å². The fourth-order valence-electron chi connectivity index (χ4n) is 1.56. The summed E-state index contributed by atoms with van der Waals surface area (Å²) in [6.45, 7) is -0.965. The number of aliphatic hydroxyl groups is 3. The van der Waals surface area contributed by atoms with Gasteiger partial charge in [-0.25, -0.2) is 4.79 Å². The van der Waals surface area contributed by atoms with E-state index in [4.69, 9.17) is 21.1 Å². The van der Waals surface area contributed by atoms with E-state index in [1.54, 1.807) is 0 Å². The minimum absolute atomic E-state index is 0.428. The molecule has 9 N–H and O–H groups in total. The number of rotatable bonds is 10. The number of carbonyl (C=O) groups is 4. The van der Waals surface area contributed by atoms with Gasteiger partial charge >= 0.3 is 5.97 Å². The molecule has 3 amide bonds. The molecule has 12 nitrogen and oxygen atoms in total. The molecule has 4 unspecified atom stereocenters. The minimum atomic E-state index is -1.64. The van der Waals surface area contributed by atoms with Crippen LogP contribution in [0.25, 0.3) is 0 Å². The molecule has 0 heterocycles. The fraction of sp³-hybridized carbons (Fsp3) is 0.667. The molecule has 138 valence electrons. The monoisotopic (exact) mass is 350 g/mol. The molecule has 0 aliphatic heterocycles. The second-order valence-electron chi connectivity index (χ2n) is 4.82. The number of carboxylic acids is 1. The molecule has 12 heteroatoms. The fourth-order valence-corrected chi connectivity index (χ4v) is 1.56. The summed E-state index contributed by atoms with van der Waals surface area (Å²) in [5.41, 5.74) is 5.05. The summed E-state index contributed by atoms with van der Waals surface area (Å²) in [6, 6.07) is -4.61. The smallest absolute Gasteiger partial charge is 0.328 e. The van der Waals surface area contributed by atoms with E-state index in [1.807, 2.05) is 10.6 Å². The highest BCUT2D eigenvalue weighted by atomic mass is 16.4. The van der Waals surface area contributed by atoms with Crippen LogP contribution in [0.15, 0.2) is 0 Å². The van der Waals surface area contributed by atoms with Crippen LogP contribution in [0, 0.1) is 0 Å². The van der Waals surface area contributed by atoms with Crippen LogP contribution in [0.2, 0.25) is 0 Å². The van der Waals surface area contributed by atoms with Crippen molar-refractivity contribution in [1.29, 1.82) is 0 Å². The maximum Gasteiger partial charge on any atom is 0.328 e. The Balaban J connectivity index is 4.88. The van der Waals surface area contributed by atoms with Gasteiger partial charge < -0.3 is 42.1 Å². The third-order valence-electron chi connectivity index (χ3n) is 2.88. The lowest BCUT2D eigenvalue weighted by Crippen LogP contribution is -2.59. The lowest BCUT2D eigenvalue weighted by molar-refractivity contribution is -0.145. The normalized spacial score (nSPS) is 15.5. The van der Waals surface area contributed by atoms with E-state index in [-0.39, 0.29) is 0 Å². The van der Waals surface area contributed by atoms with Crippen LogP contribution in [0.1, 0.15) is 6.92 Å². The van der Waals surface area contributed by atoms with Gasteiger partial charge in [-0.1, -0.05) is 0 Å². The molecule has 0 saturated heterocycles. The third kappa shape index (κ3) is 6.87. The molecule has 0 bridgehead atoms. The largest absolute Gasteiger partial charge is 0.480 e. The van der Waals surface area contributed by atoms with Crippen molar-refractivity contribution in [1.82, 2.24) is 16.0 Å². The summed E-state index contributed by atoms with van der Waals surface area (Å²) in [4.78, 5) is 45.8. The van der Waals surface area contributed by atoms with Crippen molar-refractivity contribution in [3.05, 3.63) is 0 Å². The van der Waals surface area contributed by atoms with Crippen LogP contribution in [0.4, 0.5) is 0 Å². The molecule has 0 aliphatic carbocycles. The first-order chi connectivity index (χ1) is 11.2. The topological polar surface area (TPSA) is 211 Å². The standard InChI is InChI=1S/C12H22N4O8/c1-5(19)9(12(23)24)16-11(22)7(4-18)15-10(21)6(3-17)14-8(20)2-13/h5-7,9,17-19H,2-4,13H2,1H3,(H,14,20)(H,15,21)(H,16,22)(H,23,24). The molecule has 24 heavy (non-hydrogen) atoms. The molecular formula is C12H22N4O8. The van der Waals surface area contributed by atoms with Crippen molar-refractivity contribution >= 4 is 23.7 Å². The molecule has 0 spiro atoms. The van der Waals surface area contributed by atoms with Crippen LogP contribution >= 0.6 is 0 Å². The molecule has 0 radical (unpaired) electrons. The van der Waals surface area contributed by atoms with Gasteiger partial charge in [0.1, 0.15) is 12.1 Å². The molecule has 0 fully saturated rings. The van der Waals surface area contributed by atoms with Crippen molar-refractivity contribution in [2.45, 2.75) is 31.2 Å². The van der Waals surface area contributed by atoms with Gasteiger partial charge in [-0.05, 0) is 6.92 Å². The SMILES string of the molecule is CC(O)C(NC(=O)C(CO)NC(=O)C(CO)NC(=O)CN)C(=O)O. The average Bonchev–Trinajstić information content (AvgIpc) is 2.53. The number of carbonyl (C=O) groups excluding carboxylic acids is 3. The molecule has 0 rings (SSSR count). The summed E-state index contributed by atoms with van der Waals surface area (Å²) in [7, 11) is 0. The highest BCUT2D eigenvalue weighted by Crippen LogP contribution is 1.96. The lowest BCUT2D eigenvalue weighted by atomic mass is 10.1. The van der Waals surface area contributed by atoms with Crippen molar-refractivity contribution in [2.75, 3.05) is 19.8 Å². The van der Waals surface area contributed by atoms with Crippen molar-refractivity contribution in [2.24, 2.45) is 5.73 Å². The number of hydrogen-bond donors (Lipinski definition) is 8. The van der Waals surface area contributed by atoms with E-state index in [1.165, 1.54) is 0 Å². The van der Waals surface area contributed by atoms with Crippen molar-refractivity contribution < 1.29 is 39.6 Å². The van der Waals surface area contributed by atoms with E-state index >= 15 is 0 Å². The zero-order valence-corrected chi connectivity index (χ0v) is 12.9. The van der Waals surface area contributed by atoms with Gasteiger partial charge in [0.15, 0.2) is 6.04 Å². The van der Waals surface area contributed by atoms with Gasteiger partial charge in [-0.15, -0.1) is 0 Å². The molecule has 0 saturated carbocycles. The number of nitrogens with two attached hydrogens (primary N) is 1. The molecule has 0 aliphatic rings. The highest BCUT2D eigenvalue weighted by Gasteiger charge is 2.30. The molecular weight excluding hydrogens is 328 g/mol. The number of aliphatic hydroxyl groups excluding tert-OH is 3. The summed E-state index contributed by atoms with van der Waals surface area (Å²) < 4.78 is 0. The summed E-state index contributed by atoms with van der Waals surface area (Å²) in [5, 5.41) is 42.5. The number of hydrogen-bond acceptors (Lipinski definition) is 8. The quantitative estimate of drug-likeness (QED) is 0.189. The van der Waals surface area contributed by atoms with Crippen molar-refractivity contribution in [3.63, 3.8) is 0 Å². The Morgan fingerprint density at radius 3 is 1.79 bits per heavy atom. The maximum atomic E-state index is 11.9. The van der Waals surface area contributed by atoms with E-state index in [0.717, 1.165) is 6.92 Å². The van der Waals surface area contributed by atoms with Gasteiger partial charge in [0.25, 0.3) is 0 Å². The third-order valence-corrected chi connectivity index (χ3v) is 2.88. The van der Waals surface area contributed by atoms with E-state index in [9.17, 15) is 24.3 Å². The Morgan fingerprint density at radius 2 is 1.42 bits per heavy atom. The zero-order valence-electron chi connectivity index (χ0n) is 12.9. The molecule has 0 aromatic rings. The Labute approximate surface area is 137 Å². The number of aliphatic carboxylic acids is 1. The average molecular weight is 350 g/mol. The van der Waals surface area contributed by atoms with Crippen LogP contribution in [0.3, 0.4) is 0 Å². The van der Waals surface area contributed by atoms with Gasteiger partial charge in [0.05, 0.1) is 25.9 Å².